The van der Waals surface area contributed by atoms with Crippen LogP contribution in [0.15, 0.2) is 84.9 Å². The quantitative estimate of drug-likeness (QED) is 0.278. The van der Waals surface area contributed by atoms with Crippen LogP contribution in [0.25, 0.3) is 23.1 Å². The molecule has 172 valence electrons. The van der Waals surface area contributed by atoms with Gasteiger partial charge in [0.15, 0.2) is 6.10 Å². The number of esters is 1. The Kier molecular flexibility index (Phi) is 7.56. The fraction of sp³-hybridized carbons (Fsp3) is 0.172. The number of rotatable bonds is 9. The van der Waals surface area contributed by atoms with Crippen molar-refractivity contribution in [2.45, 2.75) is 26.6 Å². The van der Waals surface area contributed by atoms with E-state index >= 15 is 0 Å². The summed E-state index contributed by atoms with van der Waals surface area (Å²) in [6, 6.07) is 27.5. The van der Waals surface area contributed by atoms with Crippen molar-refractivity contribution in [3.63, 3.8) is 0 Å². The van der Waals surface area contributed by atoms with Crippen LogP contribution >= 0.6 is 0 Å². The Labute approximate surface area is 199 Å². The number of fused-ring (bicyclic) bond motifs is 1. The van der Waals surface area contributed by atoms with E-state index in [9.17, 15) is 4.79 Å². The van der Waals surface area contributed by atoms with E-state index in [1.165, 1.54) is 0 Å². The molecule has 0 fully saturated rings. The number of carbonyl (C=O) groups excluding carboxylic acids is 1. The lowest BCUT2D eigenvalue weighted by Crippen LogP contribution is -2.26. The molecule has 0 spiro atoms. The van der Waals surface area contributed by atoms with Gasteiger partial charge in [-0.2, -0.15) is 0 Å². The number of ether oxygens (including phenoxy) is 3. The van der Waals surface area contributed by atoms with Gasteiger partial charge in [0.25, 0.3) is 0 Å². The number of aromatic nitrogens is 1. The van der Waals surface area contributed by atoms with E-state index in [0.29, 0.717) is 19.0 Å². The van der Waals surface area contributed by atoms with Gasteiger partial charge in [-0.3, -0.25) is 0 Å². The molecular formula is C29H27NO4. The molecule has 0 radical (unpaired) electrons. The highest BCUT2D eigenvalue weighted by atomic mass is 16.6. The number of carbonyl (C=O) groups is 1. The van der Waals surface area contributed by atoms with Gasteiger partial charge in [0.1, 0.15) is 18.1 Å². The van der Waals surface area contributed by atoms with E-state index in [1.807, 2.05) is 84.9 Å². The van der Waals surface area contributed by atoms with E-state index in [4.69, 9.17) is 14.2 Å². The first-order chi connectivity index (χ1) is 16.6. The first-order valence-corrected chi connectivity index (χ1v) is 11.3. The molecule has 0 amide bonds. The Morgan fingerprint density at radius 3 is 2.50 bits per heavy atom. The molecule has 0 aliphatic heterocycles. The number of hydrogen-bond donors (Lipinski definition) is 0. The maximum Gasteiger partial charge on any atom is 0.347 e. The van der Waals surface area contributed by atoms with E-state index in [2.05, 4.69) is 17.1 Å². The Hall–Kier alpha value is -4.12. The van der Waals surface area contributed by atoms with Crippen molar-refractivity contribution in [1.82, 2.24) is 4.98 Å². The third kappa shape index (κ3) is 6.01. The topological polar surface area (TPSA) is 57.7 Å². The Morgan fingerprint density at radius 1 is 0.912 bits per heavy atom. The number of para-hydroxylation sites is 2. The Morgan fingerprint density at radius 2 is 1.68 bits per heavy atom. The average Bonchev–Trinajstić information content (AvgIpc) is 2.87. The van der Waals surface area contributed by atoms with Crippen molar-refractivity contribution in [3.8, 4) is 11.5 Å². The van der Waals surface area contributed by atoms with E-state index < -0.39 is 6.10 Å². The fourth-order valence-electron chi connectivity index (χ4n) is 3.43. The molecule has 0 saturated heterocycles. The molecule has 34 heavy (non-hydrogen) atoms. The minimum absolute atomic E-state index is 0.321. The zero-order valence-corrected chi connectivity index (χ0v) is 19.3. The summed E-state index contributed by atoms with van der Waals surface area (Å²) in [6.45, 7) is 4.09. The first kappa shape index (κ1) is 23.1. The molecule has 0 saturated carbocycles. The molecule has 1 atom stereocenters. The zero-order valence-electron chi connectivity index (χ0n) is 19.3. The number of hydrogen-bond acceptors (Lipinski definition) is 5. The number of pyridine rings is 1. The van der Waals surface area contributed by atoms with Crippen LogP contribution in [0.2, 0.25) is 0 Å². The average molecular weight is 454 g/mol. The second-order valence-corrected chi connectivity index (χ2v) is 7.74. The van der Waals surface area contributed by atoms with Gasteiger partial charge in [0.2, 0.25) is 0 Å². The van der Waals surface area contributed by atoms with Crippen molar-refractivity contribution >= 4 is 29.0 Å². The van der Waals surface area contributed by atoms with Crippen LogP contribution in [0, 0.1) is 0 Å². The van der Waals surface area contributed by atoms with Crippen molar-refractivity contribution in [2.24, 2.45) is 0 Å². The highest BCUT2D eigenvalue weighted by Gasteiger charge is 2.17. The molecule has 0 aliphatic rings. The van der Waals surface area contributed by atoms with Gasteiger partial charge in [0, 0.05) is 10.9 Å². The normalized spacial score (nSPS) is 11.9. The number of nitrogens with zero attached hydrogens (tertiary/aromatic N) is 1. The van der Waals surface area contributed by atoms with Gasteiger partial charge in [0.05, 0.1) is 17.8 Å². The van der Waals surface area contributed by atoms with Crippen LogP contribution in [-0.4, -0.2) is 23.7 Å². The summed E-state index contributed by atoms with van der Waals surface area (Å²) >= 11 is 0. The third-order valence-electron chi connectivity index (χ3n) is 5.24. The summed E-state index contributed by atoms with van der Waals surface area (Å²) in [5, 5.41) is 1.13. The summed E-state index contributed by atoms with van der Waals surface area (Å²) in [7, 11) is 0. The van der Waals surface area contributed by atoms with E-state index in [-0.39, 0.29) is 5.97 Å². The predicted octanol–water partition coefficient (Wildman–Crippen LogP) is 6.31. The van der Waals surface area contributed by atoms with E-state index in [0.717, 1.165) is 33.5 Å². The van der Waals surface area contributed by atoms with Crippen LogP contribution in [-0.2, 0) is 16.1 Å². The molecule has 1 heterocycles. The minimum atomic E-state index is -0.690. The third-order valence-corrected chi connectivity index (χ3v) is 5.24. The predicted molar refractivity (Wildman–Crippen MR) is 135 cm³/mol. The Balaban J connectivity index is 1.37. The van der Waals surface area contributed by atoms with Gasteiger partial charge < -0.3 is 14.2 Å². The zero-order chi connectivity index (χ0) is 23.8. The highest BCUT2D eigenvalue weighted by Crippen LogP contribution is 2.23. The Bertz CT molecular complexity index is 1280. The van der Waals surface area contributed by atoms with Gasteiger partial charge in [-0.05, 0) is 55.8 Å². The van der Waals surface area contributed by atoms with Crippen LogP contribution in [0.3, 0.4) is 0 Å². The van der Waals surface area contributed by atoms with Crippen LogP contribution in [0.1, 0.15) is 30.7 Å². The van der Waals surface area contributed by atoms with Crippen LogP contribution < -0.4 is 9.47 Å². The van der Waals surface area contributed by atoms with Crippen molar-refractivity contribution in [3.05, 3.63) is 102 Å². The second-order valence-electron chi connectivity index (χ2n) is 7.74. The lowest BCUT2D eigenvalue weighted by Gasteiger charge is -2.16. The molecular weight excluding hydrogens is 426 g/mol. The second kappa shape index (κ2) is 11.1. The maximum atomic E-state index is 11.9. The summed E-state index contributed by atoms with van der Waals surface area (Å²) in [4.78, 5) is 16.6. The number of benzene rings is 3. The first-order valence-electron chi connectivity index (χ1n) is 11.3. The molecule has 3 aromatic carbocycles. The molecule has 0 bridgehead atoms. The maximum absolute atomic E-state index is 11.9. The van der Waals surface area contributed by atoms with Crippen LogP contribution in [0.4, 0.5) is 0 Å². The molecule has 5 nitrogen and oxygen atoms in total. The lowest BCUT2D eigenvalue weighted by molar-refractivity contribution is -0.150. The SMILES string of the molecule is CCOC(=O)C(C)Oc1ccccc1COc1ccc(/C=C/c2ccc3ccccc3n2)cc1. The molecule has 1 aromatic heterocycles. The molecule has 1 unspecified atom stereocenters. The summed E-state index contributed by atoms with van der Waals surface area (Å²) in [6.07, 6.45) is 3.34. The molecule has 5 heteroatoms. The van der Waals surface area contributed by atoms with Gasteiger partial charge in [-0.25, -0.2) is 9.78 Å². The minimum Gasteiger partial charge on any atom is -0.489 e. The molecule has 4 aromatic rings. The van der Waals surface area contributed by atoms with Crippen molar-refractivity contribution < 1.29 is 19.0 Å². The van der Waals surface area contributed by atoms with Gasteiger partial charge in [-0.1, -0.05) is 60.7 Å². The molecule has 4 rings (SSSR count). The van der Waals surface area contributed by atoms with Crippen LogP contribution in [0.5, 0.6) is 11.5 Å². The van der Waals surface area contributed by atoms with Crippen molar-refractivity contribution in [2.75, 3.05) is 6.61 Å². The summed E-state index contributed by atoms with van der Waals surface area (Å²) in [5.74, 6) is 0.959. The molecule has 0 aliphatic carbocycles. The van der Waals surface area contributed by atoms with Gasteiger partial charge >= 0.3 is 5.97 Å². The summed E-state index contributed by atoms with van der Waals surface area (Å²) in [5.41, 5.74) is 3.79. The lowest BCUT2D eigenvalue weighted by atomic mass is 10.1. The van der Waals surface area contributed by atoms with Gasteiger partial charge in [-0.15, -0.1) is 0 Å². The largest absolute Gasteiger partial charge is 0.489 e. The summed E-state index contributed by atoms with van der Waals surface area (Å²) < 4.78 is 16.8. The van der Waals surface area contributed by atoms with E-state index in [1.54, 1.807) is 13.8 Å². The van der Waals surface area contributed by atoms with Crippen molar-refractivity contribution in [1.29, 1.82) is 0 Å². The highest BCUT2D eigenvalue weighted by molar-refractivity contribution is 5.80. The monoisotopic (exact) mass is 453 g/mol. The standard InChI is InChI=1S/C29H27NO4/c1-3-32-29(31)21(2)34-28-11-7-5-9-24(28)20-33-26-18-13-22(14-19-26)12-16-25-17-15-23-8-4-6-10-27(23)30-25/h4-19,21H,3,20H2,1-2H3/b16-12+. The fourth-order valence-corrected chi connectivity index (χ4v) is 3.43. The molecule has 0 N–H and O–H groups in total. The smallest absolute Gasteiger partial charge is 0.347 e.